The molecule has 0 radical (unpaired) electrons. The zero-order chi connectivity index (χ0) is 18.1. The molecule has 0 saturated carbocycles. The largest absolute Gasteiger partial charge is 0.270 e. The van der Waals surface area contributed by atoms with E-state index in [1.165, 1.54) is 23.6 Å². The Labute approximate surface area is 151 Å². The Kier molecular flexibility index (Phi) is 5.83. The Balaban J connectivity index is 2.66. The second-order valence-corrected chi connectivity index (χ2v) is 8.46. The summed E-state index contributed by atoms with van der Waals surface area (Å²) in [6.45, 7) is 4.28. The maximum Gasteiger partial charge on any atom is 0.227 e. The summed E-state index contributed by atoms with van der Waals surface area (Å²) in [6, 6.07) is 6.04. The molecule has 1 aromatic carbocycles. The van der Waals surface area contributed by atoms with Crippen LogP contribution in [0.5, 0.6) is 0 Å². The van der Waals surface area contributed by atoms with Crippen molar-refractivity contribution in [1.29, 1.82) is 0 Å². The number of aliphatic imine (C=N–C) groups is 1. The Bertz CT molecular complexity index is 773. The Morgan fingerprint density at radius 1 is 1.33 bits per heavy atom. The summed E-state index contributed by atoms with van der Waals surface area (Å²) in [5.41, 5.74) is 3.29. The van der Waals surface area contributed by atoms with Crippen LogP contribution in [0.25, 0.3) is 5.70 Å². The third-order valence-electron chi connectivity index (χ3n) is 3.85. The normalized spacial score (nSPS) is 16.2. The number of alkyl halides is 1. The van der Waals surface area contributed by atoms with Crippen LogP contribution in [0, 0.1) is 11.7 Å². The van der Waals surface area contributed by atoms with Crippen molar-refractivity contribution in [3.05, 3.63) is 41.2 Å². The Hall–Kier alpha value is -1.25. The van der Waals surface area contributed by atoms with E-state index >= 15 is 0 Å². The number of allylic oxidation sites excluding steroid dienone is 1. The van der Waals surface area contributed by atoms with E-state index in [1.54, 1.807) is 17.1 Å². The molecule has 8 heteroatoms. The van der Waals surface area contributed by atoms with Gasteiger partial charge in [-0.2, -0.15) is 0 Å². The summed E-state index contributed by atoms with van der Waals surface area (Å²) in [4.78, 5) is 4.57. The molecular weight excluding hydrogens is 397 g/mol. The van der Waals surface area contributed by atoms with Crippen LogP contribution in [-0.2, 0) is 10.0 Å². The van der Waals surface area contributed by atoms with Crippen molar-refractivity contribution in [1.82, 2.24) is 9.42 Å². The molecule has 1 aliphatic rings. The first kappa shape index (κ1) is 19.1. The third kappa shape index (κ3) is 3.87. The zero-order valence-corrected chi connectivity index (χ0v) is 16.5. The monoisotopic (exact) mass is 417 g/mol. The van der Waals surface area contributed by atoms with Crippen molar-refractivity contribution in [2.45, 2.75) is 13.8 Å². The molecule has 5 nitrogen and oxygen atoms in total. The fraction of sp³-hybridized carbons (Fsp3) is 0.438. The van der Waals surface area contributed by atoms with Gasteiger partial charge < -0.3 is 0 Å². The molecule has 0 unspecified atom stereocenters. The standard InChI is InChI=1S/C16H21BrFN3O2S/c1-11(2)15-14(9-17)16(12-5-7-13(18)8-6-12)21(10-19-15)20(3)24(4,22)23/h5-8,11H,9-10H2,1-4H3. The highest BCUT2D eigenvalue weighted by Gasteiger charge is 2.30. The predicted octanol–water partition coefficient (Wildman–Crippen LogP) is 3.11. The highest BCUT2D eigenvalue weighted by Crippen LogP contribution is 2.32. The minimum absolute atomic E-state index is 0.193. The molecule has 1 heterocycles. The number of hydrogen-bond acceptors (Lipinski definition) is 4. The zero-order valence-electron chi connectivity index (χ0n) is 14.1. The van der Waals surface area contributed by atoms with Crippen molar-refractivity contribution < 1.29 is 12.8 Å². The second kappa shape index (κ2) is 7.33. The summed E-state index contributed by atoms with van der Waals surface area (Å²) in [6.07, 6.45) is 1.14. The number of rotatable bonds is 5. The average Bonchev–Trinajstić information content (AvgIpc) is 2.52. The lowest BCUT2D eigenvalue weighted by Crippen LogP contribution is -2.45. The molecule has 1 aliphatic heterocycles. The van der Waals surface area contributed by atoms with Crippen LogP contribution in [0.1, 0.15) is 19.4 Å². The molecule has 24 heavy (non-hydrogen) atoms. The van der Waals surface area contributed by atoms with E-state index in [4.69, 9.17) is 0 Å². The van der Waals surface area contributed by atoms with Crippen LogP contribution in [0.3, 0.4) is 0 Å². The van der Waals surface area contributed by atoms with Crippen molar-refractivity contribution in [3.63, 3.8) is 0 Å². The highest BCUT2D eigenvalue weighted by atomic mass is 79.9. The fourth-order valence-electron chi connectivity index (χ4n) is 2.59. The van der Waals surface area contributed by atoms with Crippen molar-refractivity contribution in [3.8, 4) is 0 Å². The molecule has 1 aromatic rings. The number of nitrogens with zero attached hydrogens (tertiary/aromatic N) is 3. The van der Waals surface area contributed by atoms with Gasteiger partial charge in [-0.15, -0.1) is 4.41 Å². The molecule has 0 amide bonds. The fourth-order valence-corrected chi connectivity index (χ4v) is 3.63. The number of hydrogen-bond donors (Lipinski definition) is 0. The molecule has 0 spiro atoms. The van der Waals surface area contributed by atoms with Gasteiger partial charge in [-0.1, -0.05) is 29.8 Å². The second-order valence-electron chi connectivity index (χ2n) is 5.90. The van der Waals surface area contributed by atoms with Gasteiger partial charge in [-0.25, -0.2) is 12.8 Å². The molecule has 0 saturated heterocycles. The van der Waals surface area contributed by atoms with Crippen LogP contribution in [-0.4, -0.2) is 48.9 Å². The number of sulfonamides is 1. The maximum absolute atomic E-state index is 13.3. The summed E-state index contributed by atoms with van der Waals surface area (Å²) < 4.78 is 38.5. The average molecular weight is 418 g/mol. The van der Waals surface area contributed by atoms with Gasteiger partial charge in [0.05, 0.1) is 12.0 Å². The van der Waals surface area contributed by atoms with Crippen LogP contribution >= 0.6 is 15.9 Å². The van der Waals surface area contributed by atoms with E-state index in [9.17, 15) is 12.8 Å². The molecule has 0 N–H and O–H groups in total. The minimum atomic E-state index is -3.45. The smallest absolute Gasteiger partial charge is 0.227 e. The van der Waals surface area contributed by atoms with E-state index in [0.717, 1.165) is 28.8 Å². The third-order valence-corrected chi connectivity index (χ3v) is 5.56. The molecule has 0 aromatic heterocycles. The van der Waals surface area contributed by atoms with Crippen molar-refractivity contribution in [2.75, 3.05) is 25.3 Å². The first-order valence-corrected chi connectivity index (χ1v) is 10.4. The van der Waals surface area contributed by atoms with Crippen LogP contribution in [0.15, 0.2) is 34.8 Å². The van der Waals surface area contributed by atoms with E-state index in [1.807, 2.05) is 13.8 Å². The molecule has 0 fully saturated rings. The first-order chi connectivity index (χ1) is 11.2. The van der Waals surface area contributed by atoms with Crippen molar-refractivity contribution in [2.24, 2.45) is 10.9 Å². The summed E-state index contributed by atoms with van der Waals surface area (Å²) in [7, 11) is -1.97. The van der Waals surface area contributed by atoms with Gasteiger partial charge in [0.2, 0.25) is 10.0 Å². The lowest BCUT2D eigenvalue weighted by Gasteiger charge is -2.37. The quantitative estimate of drug-likeness (QED) is 0.691. The first-order valence-electron chi connectivity index (χ1n) is 7.48. The number of halogens is 2. The van der Waals surface area contributed by atoms with Gasteiger partial charge in [0, 0.05) is 23.7 Å². The van der Waals surface area contributed by atoms with E-state index in [0.29, 0.717) is 5.33 Å². The SMILES string of the molecule is CC(C)C1=NCN(N(C)S(C)(=O)=O)C(c2ccc(F)cc2)=C1CBr. The summed E-state index contributed by atoms with van der Waals surface area (Å²) in [5.74, 6) is -0.144. The molecule has 132 valence electrons. The number of benzene rings is 1. The molecule has 0 bridgehead atoms. The van der Waals surface area contributed by atoms with Gasteiger partial charge in [0.15, 0.2) is 0 Å². The van der Waals surface area contributed by atoms with Gasteiger partial charge in [0.1, 0.15) is 12.5 Å². The maximum atomic E-state index is 13.3. The molecular formula is C16H21BrFN3O2S. The lowest BCUT2D eigenvalue weighted by molar-refractivity contribution is 0.168. The van der Waals surface area contributed by atoms with Gasteiger partial charge in [-0.05, 0) is 35.7 Å². The van der Waals surface area contributed by atoms with Gasteiger partial charge in [-0.3, -0.25) is 10.0 Å². The summed E-state index contributed by atoms with van der Waals surface area (Å²) >= 11 is 3.49. The molecule has 2 rings (SSSR count). The minimum Gasteiger partial charge on any atom is -0.270 e. The highest BCUT2D eigenvalue weighted by molar-refractivity contribution is 9.09. The van der Waals surface area contributed by atoms with Gasteiger partial charge in [0.25, 0.3) is 0 Å². The molecule has 0 atom stereocenters. The Morgan fingerprint density at radius 2 is 1.92 bits per heavy atom. The van der Waals surface area contributed by atoms with E-state index < -0.39 is 10.0 Å². The van der Waals surface area contributed by atoms with Crippen LogP contribution in [0.2, 0.25) is 0 Å². The van der Waals surface area contributed by atoms with E-state index in [-0.39, 0.29) is 18.4 Å². The van der Waals surface area contributed by atoms with Crippen molar-refractivity contribution >= 4 is 37.4 Å². The van der Waals surface area contributed by atoms with E-state index in [2.05, 4.69) is 20.9 Å². The van der Waals surface area contributed by atoms with Gasteiger partial charge >= 0.3 is 0 Å². The summed E-state index contributed by atoms with van der Waals surface area (Å²) in [5, 5.41) is 2.12. The Morgan fingerprint density at radius 3 is 2.38 bits per heavy atom. The van der Waals surface area contributed by atoms with Crippen LogP contribution < -0.4 is 0 Å². The topological polar surface area (TPSA) is 53.0 Å². The number of hydrazine groups is 1. The lowest BCUT2D eigenvalue weighted by atomic mass is 9.95. The van der Waals surface area contributed by atoms with Crippen LogP contribution in [0.4, 0.5) is 4.39 Å². The molecule has 0 aliphatic carbocycles. The predicted molar refractivity (Wildman–Crippen MR) is 98.7 cm³/mol.